The Morgan fingerprint density at radius 1 is 1.47 bits per heavy atom. The van der Waals surface area contributed by atoms with Gasteiger partial charge in [0, 0.05) is 12.2 Å². The minimum atomic E-state index is 0.217. The monoisotopic (exact) mass is 203 g/mol. The molecule has 1 fully saturated rings. The van der Waals surface area contributed by atoms with E-state index in [0.29, 0.717) is 6.04 Å². The molecule has 5 nitrogen and oxygen atoms in total. The number of piperidine rings is 1. The summed E-state index contributed by atoms with van der Waals surface area (Å²) in [4.78, 5) is 7.91. The Balaban J connectivity index is 2.00. The van der Waals surface area contributed by atoms with Gasteiger partial charge in [-0.15, -0.1) is 0 Å². The summed E-state index contributed by atoms with van der Waals surface area (Å²) in [5.41, 5.74) is 0. The van der Waals surface area contributed by atoms with Gasteiger partial charge in [-0.2, -0.15) is 5.26 Å². The number of aromatic nitrogens is 2. The van der Waals surface area contributed by atoms with E-state index < -0.39 is 0 Å². The van der Waals surface area contributed by atoms with Crippen LogP contribution < -0.4 is 10.6 Å². The lowest BCUT2D eigenvalue weighted by molar-refractivity contribution is 0.478. The first kappa shape index (κ1) is 9.87. The lowest BCUT2D eigenvalue weighted by Gasteiger charge is -2.23. The van der Waals surface area contributed by atoms with E-state index in [-0.39, 0.29) is 5.82 Å². The molecule has 0 unspecified atom stereocenters. The van der Waals surface area contributed by atoms with Crippen LogP contribution in [0.25, 0.3) is 0 Å². The fraction of sp³-hybridized carbons (Fsp3) is 0.500. The first-order valence-corrected chi connectivity index (χ1v) is 5.09. The molecule has 2 heterocycles. The highest BCUT2D eigenvalue weighted by Gasteiger charge is 2.12. The summed E-state index contributed by atoms with van der Waals surface area (Å²) in [6.45, 7) is 2.07. The van der Waals surface area contributed by atoms with E-state index >= 15 is 0 Å². The molecule has 15 heavy (non-hydrogen) atoms. The summed E-state index contributed by atoms with van der Waals surface area (Å²) in [5.74, 6) is 0.961. The molecule has 5 heteroatoms. The molecule has 0 saturated carbocycles. The van der Waals surface area contributed by atoms with Gasteiger partial charge in [0.1, 0.15) is 11.9 Å². The molecular formula is C10H13N5. The second-order valence-corrected chi connectivity index (χ2v) is 3.55. The molecule has 0 aliphatic carbocycles. The quantitative estimate of drug-likeness (QED) is 0.732. The molecule has 1 aliphatic heterocycles. The minimum absolute atomic E-state index is 0.217. The summed E-state index contributed by atoms with van der Waals surface area (Å²) in [6, 6.07) is 4.18. The number of nitriles is 1. The van der Waals surface area contributed by atoms with Gasteiger partial charge in [-0.1, -0.05) is 0 Å². The van der Waals surface area contributed by atoms with E-state index in [1.807, 2.05) is 6.07 Å². The maximum atomic E-state index is 8.66. The van der Waals surface area contributed by atoms with Gasteiger partial charge < -0.3 is 10.6 Å². The van der Waals surface area contributed by atoms with E-state index in [9.17, 15) is 0 Å². The minimum Gasteiger partial charge on any atom is -0.367 e. The van der Waals surface area contributed by atoms with Crippen molar-refractivity contribution in [2.45, 2.75) is 18.9 Å². The van der Waals surface area contributed by atoms with Crippen LogP contribution in [0.5, 0.6) is 0 Å². The molecule has 2 rings (SSSR count). The topological polar surface area (TPSA) is 73.6 Å². The highest BCUT2D eigenvalue weighted by molar-refractivity contribution is 5.36. The maximum Gasteiger partial charge on any atom is 0.234 e. The van der Waals surface area contributed by atoms with Crippen LogP contribution in [0.1, 0.15) is 18.7 Å². The Bertz CT molecular complexity index is 364. The van der Waals surface area contributed by atoms with Crippen LogP contribution in [-0.2, 0) is 0 Å². The van der Waals surface area contributed by atoms with Crippen LogP contribution in [0.15, 0.2) is 12.3 Å². The van der Waals surface area contributed by atoms with Crippen LogP contribution >= 0.6 is 0 Å². The van der Waals surface area contributed by atoms with E-state index in [0.717, 1.165) is 31.7 Å². The van der Waals surface area contributed by atoms with Crippen LogP contribution in [0.4, 0.5) is 5.82 Å². The Labute approximate surface area is 88.5 Å². The van der Waals surface area contributed by atoms with E-state index in [1.54, 1.807) is 12.3 Å². The summed E-state index contributed by atoms with van der Waals surface area (Å²) in [7, 11) is 0. The predicted molar refractivity (Wildman–Crippen MR) is 56.3 cm³/mol. The average Bonchev–Trinajstić information content (AvgIpc) is 2.31. The van der Waals surface area contributed by atoms with Crippen LogP contribution in [0, 0.1) is 11.3 Å². The normalized spacial score (nSPS) is 17.0. The van der Waals surface area contributed by atoms with Gasteiger partial charge in [-0.05, 0) is 32.0 Å². The van der Waals surface area contributed by atoms with Gasteiger partial charge in [0.2, 0.25) is 5.82 Å². The summed E-state index contributed by atoms with van der Waals surface area (Å²) < 4.78 is 0. The van der Waals surface area contributed by atoms with Crippen molar-refractivity contribution in [1.29, 1.82) is 5.26 Å². The van der Waals surface area contributed by atoms with Crippen LogP contribution in [0.2, 0.25) is 0 Å². The van der Waals surface area contributed by atoms with Crippen molar-refractivity contribution >= 4 is 5.82 Å². The Morgan fingerprint density at radius 2 is 2.27 bits per heavy atom. The lowest BCUT2D eigenvalue weighted by Crippen LogP contribution is -2.35. The van der Waals surface area contributed by atoms with Crippen molar-refractivity contribution in [3.63, 3.8) is 0 Å². The van der Waals surface area contributed by atoms with E-state index in [1.165, 1.54) is 0 Å². The third kappa shape index (κ3) is 2.64. The second kappa shape index (κ2) is 4.71. The molecule has 0 atom stereocenters. The highest BCUT2D eigenvalue weighted by atomic mass is 15.1. The number of hydrogen-bond donors (Lipinski definition) is 2. The molecule has 1 aliphatic rings. The first-order valence-electron chi connectivity index (χ1n) is 5.09. The fourth-order valence-electron chi connectivity index (χ4n) is 1.67. The Kier molecular flexibility index (Phi) is 3.10. The predicted octanol–water partition coefficient (Wildman–Crippen LogP) is 0.512. The molecule has 0 radical (unpaired) electrons. The van der Waals surface area contributed by atoms with Gasteiger partial charge in [-0.25, -0.2) is 9.97 Å². The zero-order valence-corrected chi connectivity index (χ0v) is 8.40. The number of anilines is 1. The molecule has 2 N–H and O–H groups in total. The summed E-state index contributed by atoms with van der Waals surface area (Å²) >= 11 is 0. The van der Waals surface area contributed by atoms with Crippen molar-refractivity contribution in [3.05, 3.63) is 18.1 Å². The fourth-order valence-corrected chi connectivity index (χ4v) is 1.67. The molecule has 0 aromatic carbocycles. The van der Waals surface area contributed by atoms with Crippen molar-refractivity contribution < 1.29 is 0 Å². The molecule has 1 aromatic rings. The SMILES string of the molecule is N#Cc1nccc(NC2CCNCC2)n1. The van der Waals surface area contributed by atoms with E-state index in [4.69, 9.17) is 5.26 Å². The molecule has 1 saturated heterocycles. The number of hydrogen-bond acceptors (Lipinski definition) is 5. The van der Waals surface area contributed by atoms with Crippen molar-refractivity contribution in [2.75, 3.05) is 18.4 Å². The largest absolute Gasteiger partial charge is 0.367 e. The molecule has 0 bridgehead atoms. The molecule has 1 aromatic heterocycles. The van der Waals surface area contributed by atoms with E-state index in [2.05, 4.69) is 20.6 Å². The Morgan fingerprint density at radius 3 is 3.00 bits per heavy atom. The van der Waals surface area contributed by atoms with Gasteiger partial charge in [0.15, 0.2) is 0 Å². The lowest BCUT2D eigenvalue weighted by atomic mass is 10.1. The third-order valence-electron chi connectivity index (χ3n) is 2.45. The molecule has 0 amide bonds. The zero-order valence-electron chi connectivity index (χ0n) is 8.40. The van der Waals surface area contributed by atoms with Gasteiger partial charge in [0.25, 0.3) is 0 Å². The molecular weight excluding hydrogens is 190 g/mol. The van der Waals surface area contributed by atoms with Gasteiger partial charge in [-0.3, -0.25) is 0 Å². The number of rotatable bonds is 2. The molecule has 0 spiro atoms. The number of nitrogens with one attached hydrogen (secondary N) is 2. The van der Waals surface area contributed by atoms with Gasteiger partial charge >= 0.3 is 0 Å². The van der Waals surface area contributed by atoms with Crippen molar-refractivity contribution in [2.24, 2.45) is 0 Å². The summed E-state index contributed by atoms with van der Waals surface area (Å²) in [6.07, 6.45) is 3.78. The van der Waals surface area contributed by atoms with Gasteiger partial charge in [0.05, 0.1) is 0 Å². The average molecular weight is 203 g/mol. The van der Waals surface area contributed by atoms with Crippen molar-refractivity contribution in [3.8, 4) is 6.07 Å². The zero-order chi connectivity index (χ0) is 10.5. The van der Waals surface area contributed by atoms with Crippen LogP contribution in [-0.4, -0.2) is 29.1 Å². The first-order chi connectivity index (χ1) is 7.38. The molecule has 78 valence electrons. The van der Waals surface area contributed by atoms with Crippen molar-refractivity contribution in [1.82, 2.24) is 15.3 Å². The van der Waals surface area contributed by atoms with Crippen LogP contribution in [0.3, 0.4) is 0 Å². The second-order valence-electron chi connectivity index (χ2n) is 3.55. The highest BCUT2D eigenvalue weighted by Crippen LogP contribution is 2.10. The smallest absolute Gasteiger partial charge is 0.234 e. The standard InChI is InChI=1S/C10H13N5/c11-7-10-13-6-3-9(15-10)14-8-1-4-12-5-2-8/h3,6,8,12H,1-2,4-5H2,(H,13,14,15). The summed E-state index contributed by atoms with van der Waals surface area (Å²) in [5, 5.41) is 15.3. The third-order valence-corrected chi connectivity index (χ3v) is 2.45. The number of nitrogens with zero attached hydrogens (tertiary/aromatic N) is 3. The maximum absolute atomic E-state index is 8.66. The Hall–Kier alpha value is -1.67.